The smallest absolute Gasteiger partial charge is 0.226 e. The molecule has 0 aliphatic heterocycles. The van der Waals surface area contributed by atoms with Crippen molar-refractivity contribution >= 4 is 34.1 Å². The SMILES string of the molecule is C=CCSc1nnc(NC(=O)C[C@@H](C)c2ccccc2)s1. The molecule has 0 radical (unpaired) electrons. The van der Waals surface area contributed by atoms with Gasteiger partial charge in [0.05, 0.1) is 0 Å². The standard InChI is InChI=1S/C15H17N3OS2/c1-3-9-20-15-18-17-14(21-15)16-13(19)10-11(2)12-7-5-4-6-8-12/h3-8,11H,1,9-10H2,2H3,(H,16,17,19)/t11-/m1/s1. The number of carbonyl (C=O) groups is 1. The number of hydrogen-bond acceptors (Lipinski definition) is 5. The molecule has 0 saturated carbocycles. The highest BCUT2D eigenvalue weighted by molar-refractivity contribution is 8.01. The monoisotopic (exact) mass is 319 g/mol. The van der Waals surface area contributed by atoms with Gasteiger partial charge in [-0.15, -0.1) is 16.8 Å². The first-order valence-corrected chi connectivity index (χ1v) is 8.41. The molecule has 21 heavy (non-hydrogen) atoms. The Kier molecular flexibility index (Phi) is 5.95. The second-order valence-corrected chi connectivity index (χ2v) is 6.78. The fourth-order valence-electron chi connectivity index (χ4n) is 1.80. The zero-order chi connectivity index (χ0) is 15.1. The van der Waals surface area contributed by atoms with Crippen LogP contribution in [0.15, 0.2) is 47.3 Å². The highest BCUT2D eigenvalue weighted by Gasteiger charge is 2.13. The molecule has 1 aromatic carbocycles. The average Bonchev–Trinajstić information content (AvgIpc) is 2.93. The molecule has 0 spiro atoms. The summed E-state index contributed by atoms with van der Waals surface area (Å²) in [5, 5.41) is 11.3. The lowest BCUT2D eigenvalue weighted by molar-refractivity contribution is -0.116. The summed E-state index contributed by atoms with van der Waals surface area (Å²) in [4.78, 5) is 12.0. The molecule has 1 atom stereocenters. The molecule has 0 unspecified atom stereocenters. The van der Waals surface area contributed by atoms with E-state index in [1.807, 2.05) is 43.3 Å². The van der Waals surface area contributed by atoms with Crippen molar-refractivity contribution in [3.63, 3.8) is 0 Å². The minimum absolute atomic E-state index is 0.0391. The number of nitrogens with zero attached hydrogens (tertiary/aromatic N) is 2. The largest absolute Gasteiger partial charge is 0.300 e. The molecule has 0 fully saturated rings. The Balaban J connectivity index is 1.86. The van der Waals surface area contributed by atoms with E-state index in [0.29, 0.717) is 11.6 Å². The Morgan fingerprint density at radius 3 is 2.90 bits per heavy atom. The van der Waals surface area contributed by atoms with Crippen molar-refractivity contribution < 1.29 is 4.79 Å². The summed E-state index contributed by atoms with van der Waals surface area (Å²) in [5.74, 6) is 0.921. The van der Waals surface area contributed by atoms with E-state index < -0.39 is 0 Å². The van der Waals surface area contributed by atoms with Crippen LogP contribution in [0.1, 0.15) is 24.8 Å². The minimum Gasteiger partial charge on any atom is -0.300 e. The van der Waals surface area contributed by atoms with Crippen molar-refractivity contribution in [1.29, 1.82) is 0 Å². The van der Waals surface area contributed by atoms with Gasteiger partial charge in [0.25, 0.3) is 0 Å². The third-order valence-corrected chi connectivity index (χ3v) is 4.81. The van der Waals surface area contributed by atoms with E-state index in [0.717, 1.165) is 15.7 Å². The number of thioether (sulfide) groups is 1. The summed E-state index contributed by atoms with van der Waals surface area (Å²) < 4.78 is 0.835. The summed E-state index contributed by atoms with van der Waals surface area (Å²) in [7, 11) is 0. The van der Waals surface area contributed by atoms with Crippen LogP contribution in [0.4, 0.5) is 5.13 Å². The van der Waals surface area contributed by atoms with Crippen LogP contribution in [0.25, 0.3) is 0 Å². The van der Waals surface area contributed by atoms with Crippen molar-refractivity contribution in [2.24, 2.45) is 0 Å². The predicted molar refractivity (Wildman–Crippen MR) is 88.9 cm³/mol. The summed E-state index contributed by atoms with van der Waals surface area (Å²) in [6.07, 6.45) is 2.24. The van der Waals surface area contributed by atoms with Crippen LogP contribution in [-0.4, -0.2) is 21.9 Å². The summed E-state index contributed by atoms with van der Waals surface area (Å²) in [6.45, 7) is 5.70. The van der Waals surface area contributed by atoms with Gasteiger partial charge in [-0.25, -0.2) is 0 Å². The van der Waals surface area contributed by atoms with E-state index in [9.17, 15) is 4.79 Å². The topological polar surface area (TPSA) is 54.9 Å². The van der Waals surface area contributed by atoms with Gasteiger partial charge in [0, 0.05) is 12.2 Å². The predicted octanol–water partition coefficient (Wildman–Crippen LogP) is 3.95. The van der Waals surface area contributed by atoms with Crippen molar-refractivity contribution in [3.05, 3.63) is 48.6 Å². The normalized spacial score (nSPS) is 11.9. The van der Waals surface area contributed by atoms with E-state index in [-0.39, 0.29) is 11.8 Å². The molecule has 4 nitrogen and oxygen atoms in total. The minimum atomic E-state index is -0.0391. The lowest BCUT2D eigenvalue weighted by Crippen LogP contribution is -2.14. The first-order valence-electron chi connectivity index (χ1n) is 6.61. The van der Waals surface area contributed by atoms with Crippen molar-refractivity contribution in [2.45, 2.75) is 23.6 Å². The van der Waals surface area contributed by atoms with Gasteiger partial charge in [-0.1, -0.05) is 66.4 Å². The number of rotatable bonds is 7. The molecule has 6 heteroatoms. The summed E-state index contributed by atoms with van der Waals surface area (Å²) in [5.41, 5.74) is 1.16. The Bertz CT molecular complexity index is 598. The molecule has 2 aromatic rings. The Morgan fingerprint density at radius 1 is 1.43 bits per heavy atom. The van der Waals surface area contributed by atoms with Crippen molar-refractivity contribution in [1.82, 2.24) is 10.2 Å². The first-order chi connectivity index (χ1) is 10.2. The van der Waals surface area contributed by atoms with Crippen LogP contribution < -0.4 is 5.32 Å². The van der Waals surface area contributed by atoms with E-state index >= 15 is 0 Å². The van der Waals surface area contributed by atoms with Crippen LogP contribution in [0, 0.1) is 0 Å². The average molecular weight is 319 g/mol. The number of nitrogens with one attached hydrogen (secondary N) is 1. The summed E-state index contributed by atoms with van der Waals surface area (Å²) >= 11 is 2.94. The first kappa shape index (κ1) is 15.7. The Hall–Kier alpha value is -1.66. The Morgan fingerprint density at radius 2 is 2.19 bits per heavy atom. The van der Waals surface area contributed by atoms with Gasteiger partial charge >= 0.3 is 0 Å². The zero-order valence-electron chi connectivity index (χ0n) is 11.8. The van der Waals surface area contributed by atoms with Crippen LogP contribution in [0.5, 0.6) is 0 Å². The molecule has 2 rings (SSSR count). The quantitative estimate of drug-likeness (QED) is 0.477. The molecule has 0 aliphatic rings. The lowest BCUT2D eigenvalue weighted by Gasteiger charge is -2.10. The van der Waals surface area contributed by atoms with Gasteiger partial charge in [0.15, 0.2) is 4.34 Å². The Labute approximate surface area is 132 Å². The van der Waals surface area contributed by atoms with Gasteiger partial charge in [-0.3, -0.25) is 4.79 Å². The molecular weight excluding hydrogens is 302 g/mol. The maximum atomic E-state index is 12.0. The number of anilines is 1. The van der Waals surface area contributed by atoms with Gasteiger partial charge < -0.3 is 5.32 Å². The van der Waals surface area contributed by atoms with Crippen LogP contribution >= 0.6 is 23.1 Å². The van der Waals surface area contributed by atoms with Gasteiger partial charge in [0.2, 0.25) is 11.0 Å². The van der Waals surface area contributed by atoms with Crippen LogP contribution in [0.2, 0.25) is 0 Å². The number of aromatic nitrogens is 2. The van der Waals surface area contributed by atoms with Gasteiger partial charge in [-0.2, -0.15) is 0 Å². The second kappa shape index (κ2) is 7.95. The fourth-order valence-corrected chi connectivity index (χ4v) is 3.33. The third kappa shape index (κ3) is 4.99. The zero-order valence-corrected chi connectivity index (χ0v) is 13.4. The van der Waals surface area contributed by atoms with Crippen molar-refractivity contribution in [2.75, 3.05) is 11.1 Å². The lowest BCUT2D eigenvalue weighted by atomic mass is 9.98. The summed E-state index contributed by atoms with van der Waals surface area (Å²) in [6, 6.07) is 10.0. The van der Waals surface area contributed by atoms with E-state index in [1.54, 1.807) is 11.8 Å². The molecule has 1 heterocycles. The second-order valence-electron chi connectivity index (χ2n) is 4.54. The van der Waals surface area contributed by atoms with E-state index in [1.165, 1.54) is 11.3 Å². The van der Waals surface area contributed by atoms with Gasteiger partial charge in [-0.05, 0) is 11.5 Å². The number of carbonyl (C=O) groups excluding carboxylic acids is 1. The molecular formula is C15H17N3OS2. The molecule has 110 valence electrons. The molecule has 0 saturated heterocycles. The number of hydrogen-bond donors (Lipinski definition) is 1. The van der Waals surface area contributed by atoms with Crippen molar-refractivity contribution in [3.8, 4) is 0 Å². The maximum Gasteiger partial charge on any atom is 0.226 e. The van der Waals surface area contributed by atoms with Gasteiger partial charge in [0.1, 0.15) is 0 Å². The molecule has 1 N–H and O–H groups in total. The number of amides is 1. The molecule has 0 bridgehead atoms. The molecule has 1 amide bonds. The van der Waals surface area contributed by atoms with Crippen LogP contribution in [-0.2, 0) is 4.79 Å². The van der Waals surface area contributed by atoms with Crippen LogP contribution in [0.3, 0.4) is 0 Å². The highest BCUT2D eigenvalue weighted by atomic mass is 32.2. The number of benzene rings is 1. The maximum absolute atomic E-state index is 12.0. The fraction of sp³-hybridized carbons (Fsp3) is 0.267. The molecule has 0 aliphatic carbocycles. The molecule has 1 aromatic heterocycles. The van der Waals surface area contributed by atoms with E-state index in [2.05, 4.69) is 22.1 Å². The third-order valence-electron chi connectivity index (χ3n) is 2.84. The highest BCUT2D eigenvalue weighted by Crippen LogP contribution is 2.26. The van der Waals surface area contributed by atoms with E-state index in [4.69, 9.17) is 0 Å².